The molecule has 0 saturated carbocycles. The Hall–Kier alpha value is -1.06. The first-order valence-corrected chi connectivity index (χ1v) is 6.81. The largest absolute Gasteiger partial charge is 0.481 e. The quantitative estimate of drug-likeness (QED) is 0.214. The second-order valence-corrected chi connectivity index (χ2v) is 4.56. The molecule has 0 rings (SSSR count). The summed E-state index contributed by atoms with van der Waals surface area (Å²) >= 11 is 0. The molecule has 0 saturated heterocycles. The number of rotatable bonds is 10. The van der Waals surface area contributed by atoms with Gasteiger partial charge in [0.15, 0.2) is 6.29 Å². The zero-order valence-corrected chi connectivity index (χ0v) is 12.1. The van der Waals surface area contributed by atoms with Crippen LogP contribution >= 0.6 is 0 Å². The maximum Gasteiger partial charge on any atom is 0.303 e. The minimum absolute atomic E-state index is 0.0258. The Morgan fingerprint density at radius 2 is 1.62 bits per heavy atom. The number of aliphatic hydroxyl groups is 5. The van der Waals surface area contributed by atoms with E-state index >= 15 is 0 Å². The minimum atomic E-state index is -1.79. The average molecular weight is 310 g/mol. The fraction of sp³-hybridized carbons (Fsp3) is 0.846. The lowest BCUT2D eigenvalue weighted by Gasteiger charge is -2.22. The van der Waals surface area contributed by atoms with Crippen molar-refractivity contribution in [2.24, 2.45) is 0 Å². The second-order valence-electron chi connectivity index (χ2n) is 4.56. The summed E-state index contributed by atoms with van der Waals surface area (Å²) in [5.74, 6) is -0.675. The smallest absolute Gasteiger partial charge is 0.303 e. The molecule has 0 spiro atoms. The first-order chi connectivity index (χ1) is 9.81. The number of aldehydes is 1. The van der Waals surface area contributed by atoms with Crippen molar-refractivity contribution in [2.45, 2.75) is 63.4 Å². The van der Waals surface area contributed by atoms with Gasteiger partial charge in [-0.05, 0) is 6.42 Å². The number of carbonyl (C=O) groups excluding carboxylic acids is 1. The Balaban J connectivity index is 0. The van der Waals surface area contributed by atoms with Gasteiger partial charge in [0.25, 0.3) is 0 Å². The predicted molar refractivity (Wildman–Crippen MR) is 73.6 cm³/mol. The van der Waals surface area contributed by atoms with Gasteiger partial charge in [-0.1, -0.05) is 26.2 Å². The van der Waals surface area contributed by atoms with Crippen LogP contribution in [-0.2, 0) is 9.59 Å². The van der Waals surface area contributed by atoms with E-state index in [1.54, 1.807) is 0 Å². The van der Waals surface area contributed by atoms with Crippen LogP contribution in [-0.4, -0.2) is 73.9 Å². The van der Waals surface area contributed by atoms with Crippen molar-refractivity contribution < 1.29 is 40.2 Å². The molecule has 0 fully saturated rings. The van der Waals surface area contributed by atoms with E-state index in [-0.39, 0.29) is 6.29 Å². The second kappa shape index (κ2) is 13.9. The highest BCUT2D eigenvalue weighted by Gasteiger charge is 2.29. The van der Waals surface area contributed by atoms with Crippen molar-refractivity contribution >= 4 is 12.3 Å². The highest BCUT2D eigenvalue weighted by atomic mass is 16.4. The molecule has 4 atom stereocenters. The van der Waals surface area contributed by atoms with Crippen molar-refractivity contribution in [3.05, 3.63) is 0 Å². The van der Waals surface area contributed by atoms with E-state index in [1.165, 1.54) is 6.42 Å². The van der Waals surface area contributed by atoms with Crippen LogP contribution in [0.1, 0.15) is 39.0 Å². The van der Waals surface area contributed by atoms with E-state index in [4.69, 9.17) is 30.6 Å². The molecule has 0 aliphatic carbocycles. The van der Waals surface area contributed by atoms with Gasteiger partial charge >= 0.3 is 5.97 Å². The fourth-order valence-electron chi connectivity index (χ4n) is 1.32. The van der Waals surface area contributed by atoms with Crippen molar-refractivity contribution in [3.8, 4) is 0 Å². The SMILES string of the molecule is CCCCCCC(=O)O.O=C[C@H](O)[C@@H](O)[C@H](O)[C@H](O)CO. The zero-order valence-electron chi connectivity index (χ0n) is 12.1. The minimum Gasteiger partial charge on any atom is -0.481 e. The molecule has 126 valence electrons. The van der Waals surface area contributed by atoms with E-state index in [9.17, 15) is 9.59 Å². The van der Waals surface area contributed by atoms with Gasteiger partial charge in [0, 0.05) is 6.42 Å². The Kier molecular flexibility index (Phi) is 14.7. The van der Waals surface area contributed by atoms with E-state index in [0.29, 0.717) is 6.42 Å². The molecule has 0 aromatic carbocycles. The predicted octanol–water partition coefficient (Wildman–Crippen LogP) is -1.34. The Morgan fingerprint density at radius 1 is 1.05 bits per heavy atom. The van der Waals surface area contributed by atoms with E-state index < -0.39 is 37.0 Å². The first kappa shape index (κ1) is 22.2. The van der Waals surface area contributed by atoms with Gasteiger partial charge in [0.2, 0.25) is 0 Å². The number of carboxylic acid groups (broad SMARTS) is 1. The molecule has 0 aliphatic heterocycles. The van der Waals surface area contributed by atoms with Crippen LogP contribution in [0.15, 0.2) is 0 Å². The maximum atomic E-state index is 9.96. The van der Waals surface area contributed by atoms with Gasteiger partial charge in [0.1, 0.15) is 24.4 Å². The molecule has 6 N–H and O–H groups in total. The fourth-order valence-corrected chi connectivity index (χ4v) is 1.32. The molecule has 0 radical (unpaired) electrons. The number of unbranched alkanes of at least 4 members (excludes halogenated alkanes) is 3. The third-order valence-corrected chi connectivity index (χ3v) is 2.66. The molecule has 8 nitrogen and oxygen atoms in total. The summed E-state index contributed by atoms with van der Waals surface area (Å²) in [6, 6.07) is 0. The normalized spacial score (nSPS) is 16.1. The van der Waals surface area contributed by atoms with Crippen molar-refractivity contribution in [1.82, 2.24) is 0 Å². The summed E-state index contributed by atoms with van der Waals surface area (Å²) in [6.07, 6.45) is -2.28. The first-order valence-electron chi connectivity index (χ1n) is 6.81. The lowest BCUT2D eigenvalue weighted by Crippen LogP contribution is -2.46. The molecule has 0 heterocycles. The number of aliphatic carboxylic acids is 1. The summed E-state index contributed by atoms with van der Waals surface area (Å²) in [4.78, 5) is 19.9. The van der Waals surface area contributed by atoms with Gasteiger partial charge in [-0.3, -0.25) is 4.79 Å². The Morgan fingerprint density at radius 3 is 2.00 bits per heavy atom. The van der Waals surface area contributed by atoms with Crippen LogP contribution < -0.4 is 0 Å². The van der Waals surface area contributed by atoms with Crippen molar-refractivity contribution in [2.75, 3.05) is 6.61 Å². The molecule has 21 heavy (non-hydrogen) atoms. The Bertz CT molecular complexity index is 271. The summed E-state index contributed by atoms with van der Waals surface area (Å²) in [5, 5.41) is 51.7. The van der Waals surface area contributed by atoms with Crippen molar-refractivity contribution in [1.29, 1.82) is 0 Å². The number of hydrogen-bond donors (Lipinski definition) is 6. The number of aliphatic hydroxyl groups excluding tert-OH is 5. The van der Waals surface area contributed by atoms with Gasteiger partial charge in [-0.2, -0.15) is 0 Å². The van der Waals surface area contributed by atoms with Gasteiger partial charge in [-0.25, -0.2) is 0 Å². The monoisotopic (exact) mass is 310 g/mol. The average Bonchev–Trinajstić information content (AvgIpc) is 2.48. The molecule has 0 aromatic heterocycles. The van der Waals surface area contributed by atoms with Crippen LogP contribution in [0, 0.1) is 0 Å². The standard InChI is InChI=1S/C7H14O2.C6H12O6/c1-2-3-4-5-6-7(8)9;7-1-3(9)5(11)6(12)4(10)2-8/h2-6H2,1H3,(H,8,9);1,3-6,8-12H,2H2/t;3-,4+,5+,6+/m.0/s1. The summed E-state index contributed by atoms with van der Waals surface area (Å²) in [7, 11) is 0. The molecule has 8 heteroatoms. The summed E-state index contributed by atoms with van der Waals surface area (Å²) in [5.41, 5.74) is 0. The van der Waals surface area contributed by atoms with Gasteiger partial charge in [-0.15, -0.1) is 0 Å². The molecule has 0 aliphatic rings. The number of carbonyl (C=O) groups is 2. The van der Waals surface area contributed by atoms with Crippen LogP contribution in [0.4, 0.5) is 0 Å². The van der Waals surface area contributed by atoms with Crippen LogP contribution in [0.2, 0.25) is 0 Å². The van der Waals surface area contributed by atoms with E-state index in [0.717, 1.165) is 19.3 Å². The maximum absolute atomic E-state index is 9.96. The van der Waals surface area contributed by atoms with Crippen LogP contribution in [0.25, 0.3) is 0 Å². The lowest BCUT2D eigenvalue weighted by molar-refractivity contribution is -0.137. The van der Waals surface area contributed by atoms with Crippen LogP contribution in [0.5, 0.6) is 0 Å². The molecular formula is C13H26O8. The van der Waals surface area contributed by atoms with Gasteiger partial charge in [0.05, 0.1) is 6.61 Å². The van der Waals surface area contributed by atoms with Gasteiger partial charge < -0.3 is 35.4 Å². The van der Waals surface area contributed by atoms with E-state index in [2.05, 4.69) is 6.92 Å². The molecule has 0 unspecified atom stereocenters. The van der Waals surface area contributed by atoms with E-state index in [1.807, 2.05) is 0 Å². The number of hydrogen-bond acceptors (Lipinski definition) is 7. The third kappa shape index (κ3) is 12.4. The highest BCUT2D eigenvalue weighted by Crippen LogP contribution is 2.03. The lowest BCUT2D eigenvalue weighted by atomic mass is 10.0. The van der Waals surface area contributed by atoms with Crippen molar-refractivity contribution in [3.63, 3.8) is 0 Å². The third-order valence-electron chi connectivity index (χ3n) is 2.66. The van der Waals surface area contributed by atoms with Crippen LogP contribution in [0.3, 0.4) is 0 Å². The highest BCUT2D eigenvalue weighted by molar-refractivity contribution is 5.66. The summed E-state index contributed by atoms with van der Waals surface area (Å²) in [6.45, 7) is 1.35. The molecule has 0 amide bonds. The summed E-state index contributed by atoms with van der Waals surface area (Å²) < 4.78 is 0. The molecular weight excluding hydrogens is 284 g/mol. The number of carboxylic acids is 1. The Labute approximate surface area is 123 Å². The topological polar surface area (TPSA) is 156 Å². The zero-order chi connectivity index (χ0) is 16.8. The molecule has 0 aromatic rings. The molecule has 0 bridgehead atoms.